The maximum Gasteiger partial charge on any atom is 0.255 e. The van der Waals surface area contributed by atoms with E-state index >= 15 is 0 Å². The largest absolute Gasteiger partial charge is 0.496 e. The molecule has 2 aliphatic rings. The molecule has 0 saturated carbocycles. The summed E-state index contributed by atoms with van der Waals surface area (Å²) in [6.07, 6.45) is 5.31. The molecule has 3 heterocycles. The minimum atomic E-state index is 0.0349. The molecule has 2 aromatic carbocycles. The predicted molar refractivity (Wildman–Crippen MR) is 132 cm³/mol. The fourth-order valence-corrected chi connectivity index (χ4v) is 5.56. The Kier molecular flexibility index (Phi) is 6.61. The predicted octanol–water partition coefficient (Wildman–Crippen LogP) is 3.82. The molecule has 6 nitrogen and oxygen atoms in total. The van der Waals surface area contributed by atoms with Crippen LogP contribution in [0.4, 0.5) is 0 Å². The van der Waals surface area contributed by atoms with Gasteiger partial charge in [0.25, 0.3) is 5.91 Å². The fraction of sp³-hybridized carbons (Fsp3) is 0.357. The number of pyridine rings is 1. The number of aromatic nitrogens is 1. The van der Waals surface area contributed by atoms with E-state index in [1.807, 2.05) is 29.2 Å². The standard InChI is InChI=1S/C28H31N3O3/c1-34-26-9-3-2-8-23(26)20-10-12-21(13-11-20)27-24-18-30(28(33)22-7-6-14-29-17-22)15-4-5-16-31(24)25(27)19-32/h2-3,6-14,17,24-25,27,32H,4-5,15-16,18-19H2,1H3/t24-,25+,27+/m0/s1. The van der Waals surface area contributed by atoms with E-state index in [0.717, 1.165) is 42.8 Å². The molecule has 3 atom stereocenters. The Hall–Kier alpha value is -3.22. The number of hydrogen-bond acceptors (Lipinski definition) is 5. The molecule has 2 aliphatic heterocycles. The number of hydrogen-bond donors (Lipinski definition) is 1. The number of ether oxygens (including phenoxy) is 1. The van der Waals surface area contributed by atoms with Crippen LogP contribution < -0.4 is 4.74 Å². The summed E-state index contributed by atoms with van der Waals surface area (Å²) in [6, 6.07) is 20.5. The summed E-state index contributed by atoms with van der Waals surface area (Å²) in [6.45, 7) is 2.48. The number of methoxy groups -OCH3 is 1. The Balaban J connectivity index is 1.40. The van der Waals surface area contributed by atoms with E-state index in [9.17, 15) is 9.90 Å². The number of nitrogens with zero attached hydrogens (tertiary/aromatic N) is 3. The second-order valence-electron chi connectivity index (χ2n) is 9.10. The first kappa shape index (κ1) is 22.6. The molecule has 6 heteroatoms. The smallest absolute Gasteiger partial charge is 0.255 e. The Morgan fingerprint density at radius 1 is 1.06 bits per heavy atom. The van der Waals surface area contributed by atoms with Crippen molar-refractivity contribution >= 4 is 5.91 Å². The third-order valence-corrected chi connectivity index (χ3v) is 7.28. The molecular formula is C28H31N3O3. The number of carbonyl (C=O) groups is 1. The number of amides is 1. The van der Waals surface area contributed by atoms with Crippen molar-refractivity contribution in [3.63, 3.8) is 0 Å². The van der Waals surface area contributed by atoms with Gasteiger partial charge in [-0.05, 0) is 48.7 Å². The van der Waals surface area contributed by atoms with Crippen molar-refractivity contribution in [2.75, 3.05) is 33.4 Å². The Morgan fingerprint density at radius 2 is 1.85 bits per heavy atom. The van der Waals surface area contributed by atoms with Gasteiger partial charge < -0.3 is 14.7 Å². The third-order valence-electron chi connectivity index (χ3n) is 7.28. The summed E-state index contributed by atoms with van der Waals surface area (Å²) in [4.78, 5) is 21.7. The first-order valence-electron chi connectivity index (χ1n) is 12.0. The van der Waals surface area contributed by atoms with Gasteiger partial charge in [-0.2, -0.15) is 0 Å². The first-order valence-corrected chi connectivity index (χ1v) is 12.0. The van der Waals surface area contributed by atoms with E-state index in [2.05, 4.69) is 40.2 Å². The van der Waals surface area contributed by atoms with Crippen LogP contribution in [0, 0.1) is 0 Å². The average Bonchev–Trinajstić information content (AvgIpc) is 2.88. The zero-order valence-electron chi connectivity index (χ0n) is 19.5. The molecule has 0 spiro atoms. The molecule has 1 amide bonds. The number of carbonyl (C=O) groups excluding carboxylic acids is 1. The second kappa shape index (κ2) is 9.95. The monoisotopic (exact) mass is 457 g/mol. The topological polar surface area (TPSA) is 65.9 Å². The number of para-hydroxylation sites is 1. The highest BCUT2D eigenvalue weighted by Gasteiger charge is 2.49. The van der Waals surface area contributed by atoms with Gasteiger partial charge in [0.15, 0.2) is 0 Å². The molecule has 5 rings (SSSR count). The first-order chi connectivity index (χ1) is 16.7. The minimum Gasteiger partial charge on any atom is -0.496 e. The van der Waals surface area contributed by atoms with Gasteiger partial charge in [0.2, 0.25) is 0 Å². The van der Waals surface area contributed by atoms with E-state index < -0.39 is 0 Å². The normalized spacial score (nSPS) is 22.8. The van der Waals surface area contributed by atoms with Crippen LogP contribution in [0.5, 0.6) is 5.75 Å². The average molecular weight is 458 g/mol. The number of aliphatic hydroxyl groups is 1. The lowest BCUT2D eigenvalue weighted by Gasteiger charge is -2.57. The van der Waals surface area contributed by atoms with Crippen LogP contribution >= 0.6 is 0 Å². The quantitative estimate of drug-likeness (QED) is 0.631. The van der Waals surface area contributed by atoms with Gasteiger partial charge in [-0.25, -0.2) is 0 Å². The molecule has 0 radical (unpaired) electrons. The molecule has 2 saturated heterocycles. The van der Waals surface area contributed by atoms with E-state index in [0.29, 0.717) is 12.1 Å². The highest BCUT2D eigenvalue weighted by molar-refractivity contribution is 5.93. The Bertz CT molecular complexity index is 1120. The molecule has 0 unspecified atom stereocenters. The number of fused-ring (bicyclic) bond motifs is 1. The molecule has 0 aliphatic carbocycles. The summed E-state index contributed by atoms with van der Waals surface area (Å²) in [5.74, 6) is 1.06. The van der Waals surface area contributed by atoms with Crippen molar-refractivity contribution in [3.05, 3.63) is 84.2 Å². The maximum absolute atomic E-state index is 13.2. The van der Waals surface area contributed by atoms with Crippen molar-refractivity contribution in [1.29, 1.82) is 0 Å². The molecule has 3 aromatic rings. The Labute approximate surface area is 200 Å². The van der Waals surface area contributed by atoms with Crippen molar-refractivity contribution in [3.8, 4) is 16.9 Å². The lowest BCUT2D eigenvalue weighted by atomic mass is 9.74. The van der Waals surface area contributed by atoms with E-state index in [4.69, 9.17) is 4.74 Å². The van der Waals surface area contributed by atoms with E-state index in [-0.39, 0.29) is 30.5 Å². The van der Waals surface area contributed by atoms with Gasteiger partial charge >= 0.3 is 0 Å². The van der Waals surface area contributed by atoms with Gasteiger partial charge in [-0.15, -0.1) is 0 Å². The highest BCUT2D eigenvalue weighted by atomic mass is 16.5. The summed E-state index contributed by atoms with van der Waals surface area (Å²) in [7, 11) is 1.69. The van der Waals surface area contributed by atoms with Gasteiger partial charge in [0.05, 0.1) is 19.3 Å². The molecule has 0 bridgehead atoms. The van der Waals surface area contributed by atoms with E-state index in [1.165, 1.54) is 5.56 Å². The molecule has 2 fully saturated rings. The van der Waals surface area contributed by atoms with Gasteiger partial charge in [-0.3, -0.25) is 14.7 Å². The summed E-state index contributed by atoms with van der Waals surface area (Å²) >= 11 is 0. The molecule has 1 N–H and O–H groups in total. The third kappa shape index (κ3) is 4.19. The number of benzene rings is 2. The van der Waals surface area contributed by atoms with Crippen LogP contribution in [0.15, 0.2) is 73.1 Å². The SMILES string of the molecule is COc1ccccc1-c1ccc([C@H]2[C@@H](CO)N3CCCCN(C(=O)c4cccnc4)C[C@@H]23)cc1. The second-order valence-corrected chi connectivity index (χ2v) is 9.10. The van der Waals surface area contributed by atoms with Crippen LogP contribution in [0.3, 0.4) is 0 Å². The molecule has 34 heavy (non-hydrogen) atoms. The van der Waals surface area contributed by atoms with Crippen LogP contribution in [0.25, 0.3) is 11.1 Å². The van der Waals surface area contributed by atoms with Gasteiger partial charge in [0.1, 0.15) is 5.75 Å². The van der Waals surface area contributed by atoms with Crippen molar-refractivity contribution in [1.82, 2.24) is 14.8 Å². The van der Waals surface area contributed by atoms with Crippen molar-refractivity contribution < 1.29 is 14.6 Å². The lowest BCUT2D eigenvalue weighted by molar-refractivity contribution is -0.0606. The van der Waals surface area contributed by atoms with Crippen LogP contribution in [-0.2, 0) is 0 Å². The van der Waals surface area contributed by atoms with Crippen molar-refractivity contribution in [2.45, 2.75) is 30.8 Å². The zero-order valence-corrected chi connectivity index (χ0v) is 19.5. The molecule has 1 aromatic heterocycles. The van der Waals surface area contributed by atoms with Crippen LogP contribution in [0.2, 0.25) is 0 Å². The molecular weight excluding hydrogens is 426 g/mol. The summed E-state index contributed by atoms with van der Waals surface area (Å²) in [5, 5.41) is 10.2. The lowest BCUT2D eigenvalue weighted by Crippen LogP contribution is -2.67. The van der Waals surface area contributed by atoms with Crippen LogP contribution in [0.1, 0.15) is 34.7 Å². The number of rotatable bonds is 5. The fourth-order valence-electron chi connectivity index (χ4n) is 5.56. The number of aliphatic hydroxyl groups excluding tert-OH is 1. The summed E-state index contributed by atoms with van der Waals surface area (Å²) < 4.78 is 5.53. The Morgan fingerprint density at radius 3 is 2.59 bits per heavy atom. The van der Waals surface area contributed by atoms with E-state index in [1.54, 1.807) is 25.6 Å². The van der Waals surface area contributed by atoms with Gasteiger partial charge in [-0.1, -0.05) is 42.5 Å². The zero-order chi connectivity index (χ0) is 23.5. The van der Waals surface area contributed by atoms with Gasteiger partial charge in [0, 0.05) is 49.0 Å². The van der Waals surface area contributed by atoms with Crippen LogP contribution in [-0.4, -0.2) is 71.2 Å². The maximum atomic E-state index is 13.2. The summed E-state index contributed by atoms with van der Waals surface area (Å²) in [5.41, 5.74) is 3.99. The highest BCUT2D eigenvalue weighted by Crippen LogP contribution is 2.42. The minimum absolute atomic E-state index is 0.0349. The molecule has 176 valence electrons. The van der Waals surface area contributed by atoms with Crippen molar-refractivity contribution in [2.24, 2.45) is 0 Å².